The Kier molecular flexibility index (Phi) is 7.04. The third-order valence-electron chi connectivity index (χ3n) is 4.84. The van der Waals surface area contributed by atoms with Crippen molar-refractivity contribution in [3.8, 4) is 5.75 Å². The molecule has 1 aliphatic heterocycles. The summed E-state index contributed by atoms with van der Waals surface area (Å²) in [6.07, 6.45) is 1.77. The van der Waals surface area contributed by atoms with Crippen LogP contribution in [0.15, 0.2) is 53.0 Å². The minimum Gasteiger partial charge on any atom is -0.427 e. The maximum atomic E-state index is 12.6. The van der Waals surface area contributed by atoms with Crippen molar-refractivity contribution >= 4 is 33.7 Å². The van der Waals surface area contributed by atoms with Crippen LogP contribution in [0.4, 0.5) is 0 Å². The van der Waals surface area contributed by atoms with Gasteiger partial charge in [0.05, 0.1) is 6.42 Å². The molecule has 1 fully saturated rings. The van der Waals surface area contributed by atoms with Gasteiger partial charge in [0.25, 0.3) is 5.91 Å². The predicted octanol–water partition coefficient (Wildman–Crippen LogP) is 3.34. The van der Waals surface area contributed by atoms with E-state index in [4.69, 9.17) is 4.74 Å². The molecular weight excluding hydrogens is 436 g/mol. The van der Waals surface area contributed by atoms with E-state index in [0.717, 1.165) is 10.0 Å². The SMILES string of the molecule is CC(=O)Oc1cccc(C(=O)NC2CCN(C(=O)Cc3ccccc3Br)CC2)c1. The number of rotatable bonds is 5. The average molecular weight is 459 g/mol. The second-order valence-electron chi connectivity index (χ2n) is 7.02. The van der Waals surface area contributed by atoms with Crippen molar-refractivity contribution in [3.63, 3.8) is 0 Å². The Morgan fingerprint density at radius 2 is 1.83 bits per heavy atom. The van der Waals surface area contributed by atoms with Crippen molar-refractivity contribution < 1.29 is 19.1 Å². The topological polar surface area (TPSA) is 75.7 Å². The van der Waals surface area contributed by atoms with Gasteiger partial charge < -0.3 is 15.0 Å². The summed E-state index contributed by atoms with van der Waals surface area (Å²) < 4.78 is 5.96. The molecule has 0 atom stereocenters. The van der Waals surface area contributed by atoms with Crippen LogP contribution in [0.25, 0.3) is 0 Å². The summed E-state index contributed by atoms with van der Waals surface area (Å²) in [4.78, 5) is 38.0. The van der Waals surface area contributed by atoms with Crippen LogP contribution in [0.2, 0.25) is 0 Å². The summed E-state index contributed by atoms with van der Waals surface area (Å²) in [5.41, 5.74) is 1.41. The Labute approximate surface area is 178 Å². The Morgan fingerprint density at radius 3 is 2.52 bits per heavy atom. The summed E-state index contributed by atoms with van der Waals surface area (Å²) in [5.74, 6) is -0.201. The van der Waals surface area contributed by atoms with Crippen LogP contribution >= 0.6 is 15.9 Å². The summed E-state index contributed by atoms with van der Waals surface area (Å²) in [7, 11) is 0. The van der Waals surface area contributed by atoms with Gasteiger partial charge in [0, 0.05) is 36.1 Å². The number of carbonyl (C=O) groups is 3. The lowest BCUT2D eigenvalue weighted by molar-refractivity contribution is -0.132. The van der Waals surface area contributed by atoms with E-state index >= 15 is 0 Å². The fourth-order valence-electron chi connectivity index (χ4n) is 3.33. The third-order valence-corrected chi connectivity index (χ3v) is 5.61. The first kappa shape index (κ1) is 21.0. The number of halogens is 1. The predicted molar refractivity (Wildman–Crippen MR) is 113 cm³/mol. The van der Waals surface area contributed by atoms with Crippen molar-refractivity contribution in [2.24, 2.45) is 0 Å². The van der Waals surface area contributed by atoms with Gasteiger partial charge in [-0.1, -0.05) is 40.2 Å². The summed E-state index contributed by atoms with van der Waals surface area (Å²) >= 11 is 3.48. The lowest BCUT2D eigenvalue weighted by Crippen LogP contribution is -2.47. The van der Waals surface area contributed by atoms with Crippen molar-refractivity contribution in [1.29, 1.82) is 0 Å². The smallest absolute Gasteiger partial charge is 0.308 e. The van der Waals surface area contributed by atoms with Gasteiger partial charge in [-0.25, -0.2) is 0 Å². The highest BCUT2D eigenvalue weighted by atomic mass is 79.9. The van der Waals surface area contributed by atoms with Gasteiger partial charge >= 0.3 is 5.97 Å². The number of nitrogens with zero attached hydrogens (tertiary/aromatic N) is 1. The second kappa shape index (κ2) is 9.69. The Hall–Kier alpha value is -2.67. The number of benzene rings is 2. The van der Waals surface area contributed by atoms with Gasteiger partial charge in [-0.05, 0) is 42.7 Å². The van der Waals surface area contributed by atoms with Gasteiger partial charge in [0.15, 0.2) is 0 Å². The average Bonchev–Trinajstić information content (AvgIpc) is 2.70. The fraction of sp³-hybridized carbons (Fsp3) is 0.318. The van der Waals surface area contributed by atoms with Crippen LogP contribution in [0.1, 0.15) is 35.7 Å². The molecule has 3 rings (SSSR count). The first-order valence-electron chi connectivity index (χ1n) is 9.53. The molecule has 2 aromatic rings. The number of hydrogen-bond donors (Lipinski definition) is 1. The number of carbonyl (C=O) groups excluding carboxylic acids is 3. The van der Waals surface area contributed by atoms with Crippen LogP contribution < -0.4 is 10.1 Å². The maximum absolute atomic E-state index is 12.6. The quantitative estimate of drug-likeness (QED) is 0.550. The van der Waals surface area contributed by atoms with Gasteiger partial charge in [-0.2, -0.15) is 0 Å². The zero-order chi connectivity index (χ0) is 20.8. The van der Waals surface area contributed by atoms with Crippen LogP contribution in [0, 0.1) is 0 Å². The molecule has 29 heavy (non-hydrogen) atoms. The largest absolute Gasteiger partial charge is 0.427 e. The Balaban J connectivity index is 1.50. The molecule has 0 bridgehead atoms. The van der Waals surface area contributed by atoms with E-state index in [1.54, 1.807) is 24.3 Å². The Bertz CT molecular complexity index is 907. The van der Waals surface area contributed by atoms with E-state index in [1.807, 2.05) is 29.2 Å². The minimum atomic E-state index is -0.429. The standard InChI is InChI=1S/C22H23BrN2O4/c1-15(26)29-19-7-4-6-17(13-19)22(28)24-18-9-11-25(12-10-18)21(27)14-16-5-2-3-8-20(16)23/h2-8,13,18H,9-12,14H2,1H3,(H,24,28). The molecule has 152 valence electrons. The molecule has 1 heterocycles. The molecule has 0 aliphatic carbocycles. The highest BCUT2D eigenvalue weighted by Crippen LogP contribution is 2.19. The number of ether oxygens (including phenoxy) is 1. The van der Waals surface area contributed by atoms with Gasteiger partial charge in [0.2, 0.25) is 5.91 Å². The van der Waals surface area contributed by atoms with E-state index in [0.29, 0.717) is 43.7 Å². The number of esters is 1. The normalized spacial score (nSPS) is 14.3. The molecule has 6 nitrogen and oxygen atoms in total. The van der Waals surface area contributed by atoms with Gasteiger partial charge in [-0.3, -0.25) is 14.4 Å². The molecule has 1 saturated heterocycles. The summed E-state index contributed by atoms with van der Waals surface area (Å²) in [5, 5.41) is 3.01. The highest BCUT2D eigenvalue weighted by molar-refractivity contribution is 9.10. The number of hydrogen-bond acceptors (Lipinski definition) is 4. The number of likely N-dealkylation sites (tertiary alicyclic amines) is 1. The van der Waals surface area contributed by atoms with E-state index < -0.39 is 5.97 Å². The maximum Gasteiger partial charge on any atom is 0.308 e. The fourth-order valence-corrected chi connectivity index (χ4v) is 3.75. The number of amides is 2. The number of piperidine rings is 1. The molecule has 2 amide bonds. The monoisotopic (exact) mass is 458 g/mol. The molecule has 2 aromatic carbocycles. The third kappa shape index (κ3) is 5.90. The molecule has 7 heteroatoms. The van der Waals surface area contributed by atoms with Crippen molar-refractivity contribution in [2.45, 2.75) is 32.2 Å². The molecule has 0 radical (unpaired) electrons. The first-order valence-corrected chi connectivity index (χ1v) is 10.3. The van der Waals surface area contributed by atoms with Gasteiger partial charge in [0.1, 0.15) is 5.75 Å². The minimum absolute atomic E-state index is 0.00685. The van der Waals surface area contributed by atoms with Crippen molar-refractivity contribution in [1.82, 2.24) is 10.2 Å². The lowest BCUT2D eigenvalue weighted by atomic mass is 10.0. The number of nitrogens with one attached hydrogen (secondary N) is 1. The molecule has 0 spiro atoms. The lowest BCUT2D eigenvalue weighted by Gasteiger charge is -2.32. The molecule has 0 unspecified atom stereocenters. The summed E-state index contributed by atoms with van der Waals surface area (Å²) in [6.45, 7) is 2.54. The van der Waals surface area contributed by atoms with Crippen LogP contribution in [-0.2, 0) is 16.0 Å². The van der Waals surface area contributed by atoms with Crippen LogP contribution in [0.5, 0.6) is 5.75 Å². The van der Waals surface area contributed by atoms with E-state index in [-0.39, 0.29) is 17.9 Å². The molecule has 0 aromatic heterocycles. The molecular formula is C22H23BrN2O4. The van der Waals surface area contributed by atoms with Crippen molar-refractivity contribution in [3.05, 3.63) is 64.1 Å². The zero-order valence-corrected chi connectivity index (χ0v) is 17.8. The highest BCUT2D eigenvalue weighted by Gasteiger charge is 2.24. The van der Waals surface area contributed by atoms with Gasteiger partial charge in [-0.15, -0.1) is 0 Å². The molecule has 1 aliphatic rings. The summed E-state index contributed by atoms with van der Waals surface area (Å²) in [6, 6.07) is 14.3. The van der Waals surface area contributed by atoms with E-state index in [9.17, 15) is 14.4 Å². The van der Waals surface area contributed by atoms with Crippen molar-refractivity contribution in [2.75, 3.05) is 13.1 Å². The zero-order valence-electron chi connectivity index (χ0n) is 16.2. The molecule has 0 saturated carbocycles. The molecule has 1 N–H and O–H groups in total. The van der Waals surface area contributed by atoms with Crippen LogP contribution in [0.3, 0.4) is 0 Å². The van der Waals surface area contributed by atoms with E-state index in [1.165, 1.54) is 6.92 Å². The second-order valence-corrected chi connectivity index (χ2v) is 7.87. The Morgan fingerprint density at radius 1 is 1.10 bits per heavy atom. The van der Waals surface area contributed by atoms with E-state index in [2.05, 4.69) is 21.2 Å². The first-order chi connectivity index (χ1) is 13.9. The van der Waals surface area contributed by atoms with Crippen LogP contribution in [-0.4, -0.2) is 41.8 Å².